The largest absolute Gasteiger partial charge is 0.344 e. The average molecular weight is 509 g/mol. The molecule has 1 unspecified atom stereocenters. The van der Waals surface area contributed by atoms with Crippen LogP contribution in [0.15, 0.2) is 96.5 Å². The van der Waals surface area contributed by atoms with Crippen LogP contribution in [-0.4, -0.2) is 11.6 Å². The first-order valence-corrected chi connectivity index (χ1v) is 13.7. The third kappa shape index (κ3) is 9.97. The van der Waals surface area contributed by atoms with E-state index in [1.165, 1.54) is 29.5 Å². The van der Waals surface area contributed by atoms with Crippen LogP contribution in [0.1, 0.15) is 80.1 Å². The Balaban J connectivity index is 0.000000423. The number of nitrogens with zero attached hydrogens (tertiary/aromatic N) is 1. The summed E-state index contributed by atoms with van der Waals surface area (Å²) in [6, 6.07) is 24.8. The van der Waals surface area contributed by atoms with Gasteiger partial charge >= 0.3 is 0 Å². The fraction of sp³-hybridized carbons (Fsp3) is 0.314. The van der Waals surface area contributed by atoms with Crippen LogP contribution in [0, 0.1) is 12.8 Å². The van der Waals surface area contributed by atoms with Crippen LogP contribution in [0.4, 0.5) is 5.69 Å². The minimum Gasteiger partial charge on any atom is -0.344 e. The third-order valence-corrected chi connectivity index (χ3v) is 6.48. The van der Waals surface area contributed by atoms with Crippen LogP contribution in [-0.2, 0) is 12.8 Å². The van der Waals surface area contributed by atoms with Crippen molar-refractivity contribution >= 4 is 23.0 Å². The first-order valence-electron chi connectivity index (χ1n) is 13.7. The minimum atomic E-state index is 0.0640. The standard InChI is InChI=1S/C25H30N2O.C10H14/c1-6-9-24(22-12-10-20(8-3)11-13-22)27-25(18(4)7-2)26-23-16-14-21(15-17-23)19(5)28;1-3-4-10-7-5-9(2)6-8-10/h6,9-18H,1,7-8H2,2-5H3,(H,26,27);5-8H,3-4H2,1-2H3/b24-9-;. The highest BCUT2D eigenvalue weighted by Gasteiger charge is 2.11. The molecule has 3 rings (SSSR count). The number of hydrogen-bond acceptors (Lipinski definition) is 2. The maximum atomic E-state index is 11.5. The average Bonchev–Trinajstić information content (AvgIpc) is 2.94. The molecule has 0 aliphatic carbocycles. The lowest BCUT2D eigenvalue weighted by Gasteiger charge is -2.17. The van der Waals surface area contributed by atoms with Gasteiger partial charge in [-0.1, -0.05) is 101 Å². The number of allylic oxidation sites excluding steroid dienone is 2. The van der Waals surface area contributed by atoms with E-state index in [0.29, 0.717) is 5.56 Å². The summed E-state index contributed by atoms with van der Waals surface area (Å²) in [6.45, 7) is 16.2. The Morgan fingerprint density at radius 1 is 0.895 bits per heavy atom. The van der Waals surface area contributed by atoms with E-state index >= 15 is 0 Å². The van der Waals surface area contributed by atoms with Crippen molar-refractivity contribution in [1.29, 1.82) is 0 Å². The number of aliphatic imine (C=N–C) groups is 1. The molecular weight excluding hydrogens is 464 g/mol. The van der Waals surface area contributed by atoms with Gasteiger partial charge in [-0.25, -0.2) is 4.99 Å². The molecule has 0 aromatic heterocycles. The van der Waals surface area contributed by atoms with E-state index in [9.17, 15) is 4.79 Å². The molecule has 38 heavy (non-hydrogen) atoms. The van der Waals surface area contributed by atoms with Gasteiger partial charge in [-0.15, -0.1) is 0 Å². The van der Waals surface area contributed by atoms with Gasteiger partial charge in [0.1, 0.15) is 5.84 Å². The van der Waals surface area contributed by atoms with Crippen molar-refractivity contribution in [1.82, 2.24) is 0 Å². The summed E-state index contributed by atoms with van der Waals surface area (Å²) in [6.07, 6.45) is 8.13. The minimum absolute atomic E-state index is 0.0640. The number of rotatable bonds is 10. The van der Waals surface area contributed by atoms with E-state index in [1.807, 2.05) is 30.3 Å². The fourth-order valence-electron chi connectivity index (χ4n) is 3.78. The van der Waals surface area contributed by atoms with Crippen LogP contribution in [0.5, 0.6) is 0 Å². The number of Topliss-reactive ketones (excluding diaryl/α,β-unsaturated/α-hetero) is 1. The number of benzene rings is 3. The molecule has 0 aliphatic heterocycles. The van der Waals surface area contributed by atoms with Crippen LogP contribution in [0.25, 0.3) is 5.70 Å². The van der Waals surface area contributed by atoms with Gasteiger partial charge in [-0.2, -0.15) is 0 Å². The van der Waals surface area contributed by atoms with E-state index in [4.69, 9.17) is 4.99 Å². The predicted octanol–water partition coefficient (Wildman–Crippen LogP) is 9.48. The predicted molar refractivity (Wildman–Crippen MR) is 166 cm³/mol. The molecule has 200 valence electrons. The summed E-state index contributed by atoms with van der Waals surface area (Å²) < 4.78 is 0. The topological polar surface area (TPSA) is 41.5 Å². The lowest BCUT2D eigenvalue weighted by molar-refractivity contribution is 0.101. The molecule has 0 spiro atoms. The zero-order valence-electron chi connectivity index (χ0n) is 24.1. The molecule has 3 heteroatoms. The smallest absolute Gasteiger partial charge is 0.159 e. The molecule has 0 aliphatic rings. The van der Waals surface area contributed by atoms with Gasteiger partial charge in [-0.3, -0.25) is 4.79 Å². The first-order chi connectivity index (χ1) is 18.3. The second-order valence-corrected chi connectivity index (χ2v) is 9.64. The molecule has 0 amide bonds. The normalized spacial score (nSPS) is 12.3. The Morgan fingerprint density at radius 2 is 1.47 bits per heavy atom. The molecule has 0 saturated heterocycles. The van der Waals surface area contributed by atoms with E-state index < -0.39 is 0 Å². The quantitative estimate of drug-likeness (QED) is 0.128. The van der Waals surface area contributed by atoms with Crippen molar-refractivity contribution in [3.05, 3.63) is 119 Å². The molecule has 1 atom stereocenters. The van der Waals surface area contributed by atoms with Crippen molar-refractivity contribution in [2.24, 2.45) is 10.9 Å². The summed E-state index contributed by atoms with van der Waals surface area (Å²) in [4.78, 5) is 16.4. The van der Waals surface area contributed by atoms with E-state index in [-0.39, 0.29) is 11.7 Å². The number of amidine groups is 1. The summed E-state index contributed by atoms with van der Waals surface area (Å²) in [5.74, 6) is 1.22. The number of aryl methyl sites for hydroxylation is 3. The van der Waals surface area contributed by atoms with Crippen LogP contribution >= 0.6 is 0 Å². The maximum Gasteiger partial charge on any atom is 0.159 e. The van der Waals surface area contributed by atoms with Crippen molar-refractivity contribution in [2.45, 2.75) is 67.2 Å². The first kappa shape index (κ1) is 30.5. The Hall–Kier alpha value is -3.72. The van der Waals surface area contributed by atoms with Gasteiger partial charge in [-0.05, 0) is 74.6 Å². The number of nitrogens with one attached hydrogen (secondary N) is 1. The Bertz CT molecular complexity index is 1200. The zero-order chi connectivity index (χ0) is 27.9. The van der Waals surface area contributed by atoms with Crippen molar-refractivity contribution in [2.75, 3.05) is 5.32 Å². The van der Waals surface area contributed by atoms with Gasteiger partial charge in [0.05, 0.1) is 5.70 Å². The molecule has 3 aromatic carbocycles. The summed E-state index contributed by atoms with van der Waals surface area (Å²) in [7, 11) is 0. The molecule has 0 heterocycles. The molecule has 3 aromatic rings. The summed E-state index contributed by atoms with van der Waals surface area (Å²) >= 11 is 0. The molecule has 0 fully saturated rings. The number of ketones is 1. The molecule has 0 saturated carbocycles. The molecule has 3 nitrogen and oxygen atoms in total. The van der Waals surface area contributed by atoms with Gasteiger partial charge in [0.15, 0.2) is 5.78 Å². The highest BCUT2D eigenvalue weighted by atomic mass is 16.1. The van der Waals surface area contributed by atoms with Gasteiger partial charge in [0.25, 0.3) is 0 Å². The van der Waals surface area contributed by atoms with Gasteiger partial charge in [0, 0.05) is 22.7 Å². The number of carbonyl (C=O) groups excluding carboxylic acids is 1. The van der Waals surface area contributed by atoms with Crippen molar-refractivity contribution in [3.8, 4) is 0 Å². The van der Waals surface area contributed by atoms with Crippen LogP contribution in [0.2, 0.25) is 0 Å². The highest BCUT2D eigenvalue weighted by molar-refractivity contribution is 6.01. The van der Waals surface area contributed by atoms with Crippen LogP contribution in [0.3, 0.4) is 0 Å². The molecular formula is C35H44N2O. The van der Waals surface area contributed by atoms with Crippen LogP contribution < -0.4 is 5.32 Å². The fourth-order valence-corrected chi connectivity index (χ4v) is 3.78. The molecule has 0 bridgehead atoms. The number of hydrogen-bond donors (Lipinski definition) is 1. The van der Waals surface area contributed by atoms with Crippen molar-refractivity contribution in [3.63, 3.8) is 0 Å². The number of anilines is 1. The van der Waals surface area contributed by atoms with E-state index in [1.54, 1.807) is 13.0 Å². The Morgan fingerprint density at radius 3 is 1.97 bits per heavy atom. The van der Waals surface area contributed by atoms with Crippen molar-refractivity contribution < 1.29 is 4.79 Å². The second-order valence-electron chi connectivity index (χ2n) is 9.64. The monoisotopic (exact) mass is 508 g/mol. The van der Waals surface area contributed by atoms with E-state index in [0.717, 1.165) is 35.6 Å². The highest BCUT2D eigenvalue weighted by Crippen LogP contribution is 2.21. The summed E-state index contributed by atoms with van der Waals surface area (Å²) in [5, 5.41) is 3.44. The molecule has 0 radical (unpaired) electrons. The zero-order valence-corrected chi connectivity index (χ0v) is 24.1. The lowest BCUT2D eigenvalue weighted by atomic mass is 10.1. The maximum absolute atomic E-state index is 11.5. The Labute approximate surface area is 230 Å². The molecule has 1 N–H and O–H groups in total. The Kier molecular flexibility index (Phi) is 13.0. The van der Waals surface area contributed by atoms with Gasteiger partial charge < -0.3 is 5.32 Å². The van der Waals surface area contributed by atoms with Gasteiger partial charge in [0.2, 0.25) is 0 Å². The second kappa shape index (κ2) is 16.2. The third-order valence-electron chi connectivity index (χ3n) is 6.48. The lowest BCUT2D eigenvalue weighted by Crippen LogP contribution is -2.20. The summed E-state index contributed by atoms with van der Waals surface area (Å²) in [5.41, 5.74) is 7.66. The number of carbonyl (C=O) groups is 1. The SMILES string of the molecule is C=C/C=C(\N=C(Nc1ccc(C(C)=O)cc1)C(C)CC)c1ccc(CC)cc1.CCCc1ccc(C)cc1. The van der Waals surface area contributed by atoms with E-state index in [2.05, 4.69) is 95.0 Å².